The third-order valence-corrected chi connectivity index (χ3v) is 2.77. The molecule has 1 rings (SSSR count). The van der Waals surface area contributed by atoms with Gasteiger partial charge in [-0.25, -0.2) is 0 Å². The Kier molecular flexibility index (Phi) is 5.93. The van der Waals surface area contributed by atoms with Gasteiger partial charge in [0.15, 0.2) is 0 Å². The van der Waals surface area contributed by atoms with Crippen molar-refractivity contribution in [3.05, 3.63) is 42.0 Å². The molecule has 1 aromatic rings. The quantitative estimate of drug-likeness (QED) is 0.745. The van der Waals surface area contributed by atoms with Crippen molar-refractivity contribution in [3.63, 3.8) is 0 Å². The molecule has 0 saturated carbocycles. The van der Waals surface area contributed by atoms with E-state index in [1.807, 2.05) is 32.0 Å². The highest BCUT2D eigenvalue weighted by molar-refractivity contribution is 5.93. The Balaban J connectivity index is 2.65. The largest absolute Gasteiger partial charge is 0.480 e. The zero-order valence-electron chi connectivity index (χ0n) is 11.8. The maximum atomic E-state index is 11.9. The first-order valence-electron chi connectivity index (χ1n) is 6.34. The normalized spacial score (nSPS) is 10.3. The number of nitrogens with zero attached hydrogens (tertiary/aromatic N) is 1. The molecule has 0 aliphatic rings. The van der Waals surface area contributed by atoms with Crippen LogP contribution in [0, 0.1) is 13.8 Å². The van der Waals surface area contributed by atoms with Crippen LogP contribution in [0.25, 0.3) is 0 Å². The lowest BCUT2D eigenvalue weighted by atomic mass is 10.1. The van der Waals surface area contributed by atoms with Crippen LogP contribution in [0.1, 0.15) is 11.1 Å². The number of nitrogens with one attached hydrogen (secondary N) is 1. The van der Waals surface area contributed by atoms with Gasteiger partial charge in [-0.1, -0.05) is 23.8 Å². The summed E-state index contributed by atoms with van der Waals surface area (Å²) in [5.41, 5.74) is 2.85. The Hall–Kier alpha value is -2.14. The first kappa shape index (κ1) is 15.9. The number of carboxylic acid groups (broad SMARTS) is 1. The molecule has 0 aliphatic heterocycles. The van der Waals surface area contributed by atoms with Crippen LogP contribution >= 0.6 is 0 Å². The number of benzene rings is 1. The lowest BCUT2D eigenvalue weighted by molar-refractivity contribution is -0.138. The van der Waals surface area contributed by atoms with Gasteiger partial charge < -0.3 is 10.4 Å². The fourth-order valence-corrected chi connectivity index (χ4v) is 1.91. The van der Waals surface area contributed by atoms with Crippen LogP contribution in [-0.2, 0) is 9.59 Å². The average molecular weight is 276 g/mol. The van der Waals surface area contributed by atoms with Gasteiger partial charge in [0, 0.05) is 12.2 Å². The number of carboxylic acids is 1. The summed E-state index contributed by atoms with van der Waals surface area (Å²) >= 11 is 0. The summed E-state index contributed by atoms with van der Waals surface area (Å²) in [6, 6.07) is 5.74. The topological polar surface area (TPSA) is 69.6 Å². The van der Waals surface area contributed by atoms with Crippen LogP contribution in [-0.4, -0.2) is 41.5 Å². The zero-order chi connectivity index (χ0) is 15.1. The van der Waals surface area contributed by atoms with Gasteiger partial charge in [0.05, 0.1) is 13.1 Å². The van der Waals surface area contributed by atoms with Crippen LogP contribution in [0.3, 0.4) is 0 Å². The molecule has 0 bridgehead atoms. The van der Waals surface area contributed by atoms with E-state index in [2.05, 4.69) is 11.9 Å². The second-order valence-electron chi connectivity index (χ2n) is 4.72. The van der Waals surface area contributed by atoms with Gasteiger partial charge in [-0.3, -0.25) is 14.5 Å². The molecule has 1 aromatic carbocycles. The Bertz CT molecular complexity index is 512. The monoisotopic (exact) mass is 276 g/mol. The predicted molar refractivity (Wildman–Crippen MR) is 78.8 cm³/mol. The van der Waals surface area contributed by atoms with Crippen molar-refractivity contribution in [2.75, 3.05) is 25.0 Å². The Labute approximate surface area is 118 Å². The molecule has 0 fully saturated rings. The molecule has 2 N–H and O–H groups in total. The molecule has 1 amide bonds. The summed E-state index contributed by atoms with van der Waals surface area (Å²) in [5, 5.41) is 11.6. The third-order valence-electron chi connectivity index (χ3n) is 2.77. The van der Waals surface area contributed by atoms with Gasteiger partial charge in [0.2, 0.25) is 5.91 Å². The number of aryl methyl sites for hydroxylation is 2. The molecule has 0 saturated heterocycles. The van der Waals surface area contributed by atoms with Crippen LogP contribution in [0.15, 0.2) is 30.9 Å². The Morgan fingerprint density at radius 2 is 2.05 bits per heavy atom. The molecule has 0 spiro atoms. The number of anilines is 1. The van der Waals surface area contributed by atoms with E-state index >= 15 is 0 Å². The highest BCUT2D eigenvalue weighted by Crippen LogP contribution is 2.15. The van der Waals surface area contributed by atoms with Crippen LogP contribution < -0.4 is 5.32 Å². The standard InChI is InChI=1S/C15H20N2O3/c1-4-7-17(10-15(19)20)9-14(18)16-13-6-5-11(2)8-12(13)3/h4-6,8H,1,7,9-10H2,2-3H3,(H,16,18)(H,19,20). The van der Waals surface area contributed by atoms with E-state index < -0.39 is 5.97 Å². The molecule has 0 radical (unpaired) electrons. The predicted octanol–water partition coefficient (Wildman–Crippen LogP) is 1.81. The SMILES string of the molecule is C=CCN(CC(=O)O)CC(=O)Nc1ccc(C)cc1C. The fraction of sp³-hybridized carbons (Fsp3) is 0.333. The summed E-state index contributed by atoms with van der Waals surface area (Å²) in [6.07, 6.45) is 1.58. The second kappa shape index (κ2) is 7.45. The lowest BCUT2D eigenvalue weighted by Gasteiger charge is -2.18. The van der Waals surface area contributed by atoms with Crippen molar-refractivity contribution in [2.45, 2.75) is 13.8 Å². The van der Waals surface area contributed by atoms with Crippen LogP contribution in [0.2, 0.25) is 0 Å². The van der Waals surface area contributed by atoms with Gasteiger partial charge >= 0.3 is 5.97 Å². The molecule has 0 atom stereocenters. The summed E-state index contributed by atoms with van der Waals surface area (Å²) < 4.78 is 0. The molecule has 5 nitrogen and oxygen atoms in total. The van der Waals surface area contributed by atoms with E-state index in [1.165, 1.54) is 4.90 Å². The first-order valence-corrected chi connectivity index (χ1v) is 6.34. The van der Waals surface area contributed by atoms with Crippen molar-refractivity contribution >= 4 is 17.6 Å². The van der Waals surface area contributed by atoms with Crippen molar-refractivity contribution in [3.8, 4) is 0 Å². The number of carbonyl (C=O) groups excluding carboxylic acids is 1. The lowest BCUT2D eigenvalue weighted by Crippen LogP contribution is -2.37. The average Bonchev–Trinajstić information content (AvgIpc) is 2.32. The minimum atomic E-state index is -0.967. The number of amides is 1. The number of aliphatic carboxylic acids is 1. The van der Waals surface area contributed by atoms with Crippen LogP contribution in [0.5, 0.6) is 0 Å². The fourth-order valence-electron chi connectivity index (χ4n) is 1.91. The Morgan fingerprint density at radius 3 is 2.60 bits per heavy atom. The molecular weight excluding hydrogens is 256 g/mol. The number of rotatable bonds is 7. The van der Waals surface area contributed by atoms with Gasteiger partial charge in [-0.15, -0.1) is 6.58 Å². The van der Waals surface area contributed by atoms with Crippen LogP contribution in [0.4, 0.5) is 5.69 Å². The molecule has 0 heterocycles. The summed E-state index contributed by atoms with van der Waals surface area (Å²) in [6.45, 7) is 7.64. The van der Waals surface area contributed by atoms with E-state index in [0.29, 0.717) is 6.54 Å². The third kappa shape index (κ3) is 5.24. The Morgan fingerprint density at radius 1 is 1.35 bits per heavy atom. The molecule has 108 valence electrons. The molecule has 0 unspecified atom stereocenters. The summed E-state index contributed by atoms with van der Waals surface area (Å²) in [5.74, 6) is -1.20. The van der Waals surface area contributed by atoms with Crippen molar-refractivity contribution in [2.24, 2.45) is 0 Å². The van der Waals surface area contributed by atoms with Crippen molar-refractivity contribution < 1.29 is 14.7 Å². The number of carbonyl (C=O) groups is 2. The zero-order valence-corrected chi connectivity index (χ0v) is 11.8. The summed E-state index contributed by atoms with van der Waals surface area (Å²) in [4.78, 5) is 24.2. The maximum Gasteiger partial charge on any atom is 0.317 e. The van der Waals surface area contributed by atoms with E-state index in [9.17, 15) is 9.59 Å². The molecule has 20 heavy (non-hydrogen) atoms. The van der Waals surface area contributed by atoms with Gasteiger partial charge in [0.25, 0.3) is 0 Å². The molecular formula is C15H20N2O3. The molecule has 0 aromatic heterocycles. The van der Waals surface area contributed by atoms with E-state index in [1.54, 1.807) is 6.08 Å². The number of hydrogen-bond donors (Lipinski definition) is 2. The van der Waals surface area contributed by atoms with Crippen molar-refractivity contribution in [1.82, 2.24) is 4.90 Å². The van der Waals surface area contributed by atoms with E-state index in [-0.39, 0.29) is 19.0 Å². The highest BCUT2D eigenvalue weighted by Gasteiger charge is 2.13. The van der Waals surface area contributed by atoms with Gasteiger partial charge in [-0.2, -0.15) is 0 Å². The highest BCUT2D eigenvalue weighted by atomic mass is 16.4. The number of hydrogen-bond acceptors (Lipinski definition) is 3. The molecule has 0 aliphatic carbocycles. The molecule has 5 heteroatoms. The maximum absolute atomic E-state index is 11.9. The minimum absolute atomic E-state index is 0.0195. The smallest absolute Gasteiger partial charge is 0.317 e. The summed E-state index contributed by atoms with van der Waals surface area (Å²) in [7, 11) is 0. The minimum Gasteiger partial charge on any atom is -0.480 e. The van der Waals surface area contributed by atoms with E-state index in [0.717, 1.165) is 16.8 Å². The van der Waals surface area contributed by atoms with E-state index in [4.69, 9.17) is 5.11 Å². The van der Waals surface area contributed by atoms with Crippen molar-refractivity contribution in [1.29, 1.82) is 0 Å². The second-order valence-corrected chi connectivity index (χ2v) is 4.72. The van der Waals surface area contributed by atoms with Gasteiger partial charge in [-0.05, 0) is 25.5 Å². The van der Waals surface area contributed by atoms with Gasteiger partial charge in [0.1, 0.15) is 0 Å². The first-order chi connectivity index (χ1) is 9.42.